The number of rotatable bonds is 2. The van der Waals surface area contributed by atoms with Gasteiger partial charge in [-0.3, -0.25) is 0 Å². The third-order valence-electron chi connectivity index (χ3n) is 4.32. The predicted molar refractivity (Wildman–Crippen MR) is 105 cm³/mol. The molecule has 1 amide bonds. The molecule has 3 rings (SSSR count). The minimum absolute atomic E-state index is 0.129. The summed E-state index contributed by atoms with van der Waals surface area (Å²) in [6, 6.07) is 5.52. The first-order chi connectivity index (χ1) is 12.2. The summed E-state index contributed by atoms with van der Waals surface area (Å²) in [5.74, 6) is 0.895. The quantitative estimate of drug-likeness (QED) is 0.677. The molecule has 26 heavy (non-hydrogen) atoms. The van der Waals surface area contributed by atoms with E-state index in [-0.39, 0.29) is 18.2 Å². The van der Waals surface area contributed by atoms with E-state index >= 15 is 0 Å². The van der Waals surface area contributed by atoms with Crippen molar-refractivity contribution in [2.24, 2.45) is 5.73 Å². The summed E-state index contributed by atoms with van der Waals surface area (Å²) in [6.45, 7) is 7.11. The molecule has 142 valence electrons. The molecule has 1 fully saturated rings. The van der Waals surface area contributed by atoms with Crippen molar-refractivity contribution < 1.29 is 14.3 Å². The summed E-state index contributed by atoms with van der Waals surface area (Å²) in [5, 5.41) is 6.93. The zero-order valence-corrected chi connectivity index (χ0v) is 16.2. The molecule has 0 saturated carbocycles. The van der Waals surface area contributed by atoms with Gasteiger partial charge in [0, 0.05) is 36.8 Å². The Morgan fingerprint density at radius 1 is 1.38 bits per heavy atom. The van der Waals surface area contributed by atoms with Gasteiger partial charge in [0.15, 0.2) is 5.11 Å². The molecule has 0 aromatic heterocycles. The second-order valence-electron chi connectivity index (χ2n) is 7.63. The Morgan fingerprint density at radius 3 is 2.88 bits per heavy atom. The van der Waals surface area contributed by atoms with Crippen molar-refractivity contribution in [3.63, 3.8) is 0 Å². The minimum atomic E-state index is -0.528. The fraction of sp³-hybridized carbons (Fsp3) is 0.556. The molecule has 1 aromatic rings. The van der Waals surface area contributed by atoms with Crippen molar-refractivity contribution in [3.8, 4) is 5.75 Å². The molecule has 0 radical (unpaired) electrons. The van der Waals surface area contributed by atoms with Crippen LogP contribution in [0.5, 0.6) is 5.75 Å². The Morgan fingerprint density at radius 2 is 2.15 bits per heavy atom. The van der Waals surface area contributed by atoms with Crippen LogP contribution in [0.15, 0.2) is 18.2 Å². The fourth-order valence-electron chi connectivity index (χ4n) is 3.12. The van der Waals surface area contributed by atoms with Crippen LogP contribution in [0.25, 0.3) is 0 Å². The van der Waals surface area contributed by atoms with Gasteiger partial charge in [-0.25, -0.2) is 4.79 Å². The summed E-state index contributed by atoms with van der Waals surface area (Å²) in [6.07, 6.45) is 0.505. The van der Waals surface area contributed by atoms with Gasteiger partial charge in [0.05, 0.1) is 12.6 Å². The first kappa shape index (κ1) is 18.7. The number of amides is 1. The molecule has 0 spiro atoms. The molecule has 0 aliphatic carbocycles. The van der Waals surface area contributed by atoms with Crippen molar-refractivity contribution in [2.75, 3.05) is 25.0 Å². The fourth-order valence-corrected chi connectivity index (χ4v) is 3.38. The number of nitrogens with one attached hydrogen (secondary N) is 2. The Hall–Kier alpha value is -2.06. The van der Waals surface area contributed by atoms with Crippen LogP contribution in [-0.4, -0.2) is 53.5 Å². The molecule has 2 aliphatic rings. The Balaban J connectivity index is 1.57. The average molecular weight is 378 g/mol. The molecule has 1 saturated heterocycles. The molecule has 2 aliphatic heterocycles. The van der Waals surface area contributed by atoms with E-state index in [1.54, 1.807) is 4.90 Å². The van der Waals surface area contributed by atoms with Gasteiger partial charge in [0.25, 0.3) is 0 Å². The van der Waals surface area contributed by atoms with Crippen LogP contribution in [0.3, 0.4) is 0 Å². The smallest absolute Gasteiger partial charge is 0.410 e. The molecule has 4 N–H and O–H groups in total. The zero-order chi connectivity index (χ0) is 18.9. The van der Waals surface area contributed by atoms with Crippen LogP contribution in [0.4, 0.5) is 10.5 Å². The Kier molecular flexibility index (Phi) is 5.24. The van der Waals surface area contributed by atoms with Crippen LogP contribution >= 0.6 is 12.2 Å². The van der Waals surface area contributed by atoms with E-state index < -0.39 is 5.60 Å². The van der Waals surface area contributed by atoms with Crippen LogP contribution in [0, 0.1) is 0 Å². The van der Waals surface area contributed by atoms with Crippen LogP contribution in [0.1, 0.15) is 26.3 Å². The number of hydrogen-bond acceptors (Lipinski definition) is 5. The van der Waals surface area contributed by atoms with E-state index in [2.05, 4.69) is 10.6 Å². The number of thiocarbonyl (C=S) groups is 1. The molecule has 8 heteroatoms. The number of fused-ring (bicyclic) bond motifs is 1. The maximum atomic E-state index is 12.2. The van der Waals surface area contributed by atoms with Gasteiger partial charge < -0.3 is 30.7 Å². The number of anilines is 1. The van der Waals surface area contributed by atoms with Gasteiger partial charge in [-0.2, -0.15) is 0 Å². The van der Waals surface area contributed by atoms with E-state index in [9.17, 15) is 4.79 Å². The van der Waals surface area contributed by atoms with E-state index in [0.717, 1.165) is 23.4 Å². The van der Waals surface area contributed by atoms with Crippen molar-refractivity contribution >= 4 is 29.1 Å². The number of nitrogens with two attached hydrogens (primary N) is 1. The summed E-state index contributed by atoms with van der Waals surface area (Å²) < 4.78 is 11.0. The first-order valence-electron chi connectivity index (χ1n) is 8.78. The highest BCUT2D eigenvalue weighted by Gasteiger charge is 2.35. The van der Waals surface area contributed by atoms with Gasteiger partial charge in [-0.1, -0.05) is 6.07 Å². The van der Waals surface area contributed by atoms with Crippen molar-refractivity contribution in [1.29, 1.82) is 0 Å². The molecule has 7 nitrogen and oxygen atoms in total. The molecule has 1 aromatic carbocycles. The predicted octanol–water partition coefficient (Wildman–Crippen LogP) is 1.85. The van der Waals surface area contributed by atoms with Crippen molar-refractivity contribution in [3.05, 3.63) is 23.8 Å². The summed E-state index contributed by atoms with van der Waals surface area (Å²) in [5.41, 5.74) is 7.72. The number of ether oxygens (including phenoxy) is 2. The topological polar surface area (TPSA) is 88.9 Å². The van der Waals surface area contributed by atoms with E-state index in [0.29, 0.717) is 24.8 Å². The number of benzene rings is 1. The molecular formula is C18H26N4O3S. The largest absolute Gasteiger partial charge is 0.493 e. The maximum absolute atomic E-state index is 12.2. The lowest BCUT2D eigenvalue weighted by atomic mass is 10.1. The second kappa shape index (κ2) is 7.28. The lowest BCUT2D eigenvalue weighted by molar-refractivity contribution is 0.0290. The highest BCUT2D eigenvalue weighted by Crippen LogP contribution is 2.31. The van der Waals surface area contributed by atoms with Crippen LogP contribution in [0.2, 0.25) is 0 Å². The summed E-state index contributed by atoms with van der Waals surface area (Å²) >= 11 is 5.44. The van der Waals surface area contributed by atoms with Gasteiger partial charge in [-0.05, 0) is 45.1 Å². The third kappa shape index (κ3) is 4.37. The SMILES string of the molecule is CC(C)(C)OC(=O)N1CC(N)C(NC(=S)Nc2cccc3c2CCO3)C1. The Labute approximate surface area is 159 Å². The van der Waals surface area contributed by atoms with Crippen molar-refractivity contribution in [1.82, 2.24) is 10.2 Å². The van der Waals surface area contributed by atoms with Gasteiger partial charge in [-0.15, -0.1) is 0 Å². The molecular weight excluding hydrogens is 352 g/mol. The minimum Gasteiger partial charge on any atom is -0.493 e. The highest BCUT2D eigenvalue weighted by molar-refractivity contribution is 7.80. The lowest BCUT2D eigenvalue weighted by Gasteiger charge is -2.24. The second-order valence-corrected chi connectivity index (χ2v) is 8.04. The molecule has 2 atom stereocenters. The molecule has 0 bridgehead atoms. The van der Waals surface area contributed by atoms with Crippen molar-refractivity contribution in [2.45, 2.75) is 44.9 Å². The summed E-state index contributed by atoms with van der Waals surface area (Å²) in [7, 11) is 0. The maximum Gasteiger partial charge on any atom is 0.410 e. The van der Waals surface area contributed by atoms with Crippen LogP contribution < -0.4 is 21.1 Å². The lowest BCUT2D eigenvalue weighted by Crippen LogP contribution is -2.48. The number of nitrogens with zero attached hydrogens (tertiary/aromatic N) is 1. The number of hydrogen-bond donors (Lipinski definition) is 3. The highest BCUT2D eigenvalue weighted by atomic mass is 32.1. The van der Waals surface area contributed by atoms with Crippen LogP contribution in [-0.2, 0) is 11.2 Å². The van der Waals surface area contributed by atoms with E-state index in [1.807, 2.05) is 39.0 Å². The summed E-state index contributed by atoms with van der Waals surface area (Å²) in [4.78, 5) is 13.8. The normalized spacial score (nSPS) is 21.8. The average Bonchev–Trinajstić information content (AvgIpc) is 3.13. The first-order valence-corrected chi connectivity index (χ1v) is 9.19. The zero-order valence-electron chi connectivity index (χ0n) is 15.4. The number of carbonyl (C=O) groups is 1. The molecule has 2 heterocycles. The number of carbonyl (C=O) groups excluding carboxylic acids is 1. The van der Waals surface area contributed by atoms with Gasteiger partial charge in [0.1, 0.15) is 11.4 Å². The van der Waals surface area contributed by atoms with E-state index in [4.69, 9.17) is 27.4 Å². The van der Waals surface area contributed by atoms with E-state index in [1.165, 1.54) is 0 Å². The van der Waals surface area contributed by atoms with Gasteiger partial charge >= 0.3 is 6.09 Å². The standard InChI is InChI=1S/C18H26N4O3S/c1-18(2,3)25-17(23)22-9-12(19)14(10-22)21-16(26)20-13-5-4-6-15-11(13)7-8-24-15/h4-6,12,14H,7-10,19H2,1-3H3,(H2,20,21,26). The molecule has 2 unspecified atom stereocenters. The van der Waals surface area contributed by atoms with Gasteiger partial charge in [0.2, 0.25) is 0 Å². The number of likely N-dealkylation sites (tertiary alicyclic amines) is 1. The monoisotopic (exact) mass is 378 g/mol. The Bertz CT molecular complexity index is 704. The third-order valence-corrected chi connectivity index (χ3v) is 4.54.